The van der Waals surface area contributed by atoms with Crippen LogP contribution in [-0.2, 0) is 0 Å². The standard InChI is InChI=1S/C17H14ClNO3/c1-9-13-8-11(21-2)4-6-15(13)22-17-12-5-3-10(18)7-14(12)16(20)19(9)17/h3-9,17H,1-2H3. The number of fused-ring (bicyclic) bond motifs is 4. The number of rotatable bonds is 1. The lowest BCUT2D eigenvalue weighted by molar-refractivity contribution is -0.00192. The third kappa shape index (κ3) is 1.74. The van der Waals surface area contributed by atoms with Crippen molar-refractivity contribution in [1.82, 2.24) is 4.90 Å². The molecule has 4 rings (SSSR count). The van der Waals surface area contributed by atoms with Gasteiger partial charge in [-0.15, -0.1) is 0 Å². The van der Waals surface area contributed by atoms with Gasteiger partial charge in [-0.05, 0) is 37.3 Å². The lowest BCUT2D eigenvalue weighted by Crippen LogP contribution is -2.37. The highest BCUT2D eigenvalue weighted by atomic mass is 35.5. The van der Waals surface area contributed by atoms with Crippen LogP contribution >= 0.6 is 11.6 Å². The number of methoxy groups -OCH3 is 1. The first-order chi connectivity index (χ1) is 10.6. The molecule has 0 spiro atoms. The molecule has 0 aromatic heterocycles. The number of carbonyl (C=O) groups excluding carboxylic acids is 1. The molecular weight excluding hydrogens is 302 g/mol. The maximum atomic E-state index is 12.7. The molecule has 4 nitrogen and oxygen atoms in total. The van der Waals surface area contributed by atoms with E-state index in [1.54, 1.807) is 24.1 Å². The highest BCUT2D eigenvalue weighted by molar-refractivity contribution is 6.31. The molecule has 2 aliphatic rings. The normalized spacial score (nSPS) is 21.8. The molecule has 5 heteroatoms. The van der Waals surface area contributed by atoms with Crippen LogP contribution in [0.5, 0.6) is 11.5 Å². The average Bonchev–Trinajstić information content (AvgIpc) is 2.80. The van der Waals surface area contributed by atoms with Gasteiger partial charge in [0.15, 0.2) is 0 Å². The third-order valence-corrected chi connectivity index (χ3v) is 4.56. The zero-order valence-electron chi connectivity index (χ0n) is 12.2. The van der Waals surface area contributed by atoms with Crippen molar-refractivity contribution in [2.45, 2.75) is 19.2 Å². The Morgan fingerprint density at radius 3 is 2.77 bits per heavy atom. The number of carbonyl (C=O) groups is 1. The SMILES string of the molecule is COc1ccc2c(c1)C(C)N1C(=O)c3cc(Cl)ccc3C1O2. The maximum absolute atomic E-state index is 12.7. The molecule has 2 heterocycles. The number of hydrogen-bond acceptors (Lipinski definition) is 3. The molecule has 1 amide bonds. The van der Waals surface area contributed by atoms with Gasteiger partial charge in [-0.1, -0.05) is 17.7 Å². The van der Waals surface area contributed by atoms with Gasteiger partial charge in [0.1, 0.15) is 11.5 Å². The Bertz CT molecular complexity index is 789. The molecule has 0 aliphatic carbocycles. The van der Waals surface area contributed by atoms with Crippen LogP contribution in [0.4, 0.5) is 0 Å². The molecule has 2 aromatic carbocycles. The van der Waals surface area contributed by atoms with Gasteiger partial charge < -0.3 is 9.47 Å². The molecule has 22 heavy (non-hydrogen) atoms. The Morgan fingerprint density at radius 2 is 2.00 bits per heavy atom. The van der Waals surface area contributed by atoms with Crippen LogP contribution in [0.2, 0.25) is 5.02 Å². The summed E-state index contributed by atoms with van der Waals surface area (Å²) in [4.78, 5) is 14.5. The van der Waals surface area contributed by atoms with Crippen molar-refractivity contribution < 1.29 is 14.3 Å². The van der Waals surface area contributed by atoms with E-state index in [1.807, 2.05) is 31.2 Å². The first-order valence-corrected chi connectivity index (χ1v) is 7.44. The van der Waals surface area contributed by atoms with Crippen LogP contribution in [0.1, 0.15) is 40.7 Å². The molecule has 112 valence electrons. The van der Waals surface area contributed by atoms with Crippen LogP contribution < -0.4 is 9.47 Å². The van der Waals surface area contributed by atoms with Gasteiger partial charge in [0, 0.05) is 16.1 Å². The number of halogens is 1. The molecule has 0 bridgehead atoms. The van der Waals surface area contributed by atoms with Crippen molar-refractivity contribution in [3.8, 4) is 11.5 Å². The summed E-state index contributed by atoms with van der Waals surface area (Å²) in [7, 11) is 1.62. The highest BCUT2D eigenvalue weighted by Gasteiger charge is 2.45. The van der Waals surface area contributed by atoms with E-state index >= 15 is 0 Å². The molecular formula is C17H14ClNO3. The van der Waals surface area contributed by atoms with Gasteiger partial charge in [0.05, 0.1) is 18.7 Å². The van der Waals surface area contributed by atoms with Crippen molar-refractivity contribution in [3.05, 3.63) is 58.1 Å². The zero-order valence-corrected chi connectivity index (χ0v) is 12.9. The van der Waals surface area contributed by atoms with E-state index < -0.39 is 6.23 Å². The van der Waals surface area contributed by atoms with Gasteiger partial charge in [0.25, 0.3) is 5.91 Å². The quantitative estimate of drug-likeness (QED) is 0.799. The van der Waals surface area contributed by atoms with Crippen molar-refractivity contribution >= 4 is 17.5 Å². The Labute approximate surface area is 133 Å². The van der Waals surface area contributed by atoms with Gasteiger partial charge in [0.2, 0.25) is 6.23 Å². The summed E-state index contributed by atoms with van der Waals surface area (Å²) in [6.45, 7) is 2.00. The monoisotopic (exact) mass is 315 g/mol. The van der Waals surface area contributed by atoms with Crippen molar-refractivity contribution in [1.29, 1.82) is 0 Å². The number of benzene rings is 2. The number of ether oxygens (including phenoxy) is 2. The van der Waals surface area contributed by atoms with Crippen LogP contribution in [0.3, 0.4) is 0 Å². The molecule has 2 aliphatic heterocycles. The molecule has 2 aromatic rings. The van der Waals surface area contributed by atoms with Crippen LogP contribution in [0, 0.1) is 0 Å². The van der Waals surface area contributed by atoms with E-state index in [4.69, 9.17) is 21.1 Å². The van der Waals surface area contributed by atoms with E-state index in [0.29, 0.717) is 10.6 Å². The van der Waals surface area contributed by atoms with Gasteiger partial charge in [-0.3, -0.25) is 9.69 Å². The predicted octanol–water partition coefficient (Wildman–Crippen LogP) is 3.96. The van der Waals surface area contributed by atoms with E-state index in [0.717, 1.165) is 22.6 Å². The lowest BCUT2D eigenvalue weighted by Gasteiger charge is -2.37. The summed E-state index contributed by atoms with van der Waals surface area (Å²) >= 11 is 6.02. The topological polar surface area (TPSA) is 38.8 Å². The van der Waals surface area contributed by atoms with Crippen LogP contribution in [0.25, 0.3) is 0 Å². The molecule has 0 fully saturated rings. The Hall–Kier alpha value is -2.20. The zero-order chi connectivity index (χ0) is 15.4. The fourth-order valence-electron chi connectivity index (χ4n) is 3.18. The summed E-state index contributed by atoms with van der Waals surface area (Å²) in [6, 6.07) is 10.9. The lowest BCUT2D eigenvalue weighted by atomic mass is 10.0. The van der Waals surface area contributed by atoms with Crippen molar-refractivity contribution in [2.75, 3.05) is 7.11 Å². The molecule has 2 atom stereocenters. The Morgan fingerprint density at radius 1 is 1.18 bits per heavy atom. The van der Waals surface area contributed by atoms with Crippen LogP contribution in [0.15, 0.2) is 36.4 Å². The van der Waals surface area contributed by atoms with E-state index in [2.05, 4.69) is 0 Å². The fraction of sp³-hybridized carbons (Fsp3) is 0.235. The molecule has 0 saturated heterocycles. The van der Waals surface area contributed by atoms with Crippen molar-refractivity contribution in [3.63, 3.8) is 0 Å². The summed E-state index contributed by atoms with van der Waals surface area (Å²) in [5.41, 5.74) is 2.43. The van der Waals surface area contributed by atoms with Gasteiger partial charge in [-0.2, -0.15) is 0 Å². The number of nitrogens with zero attached hydrogens (tertiary/aromatic N) is 1. The second-order valence-electron chi connectivity index (χ2n) is 5.49. The number of amides is 1. The molecule has 0 saturated carbocycles. The first kappa shape index (κ1) is 13.5. The number of hydrogen-bond donors (Lipinski definition) is 0. The smallest absolute Gasteiger partial charge is 0.258 e. The Kier molecular flexibility index (Phi) is 2.84. The molecule has 0 N–H and O–H groups in total. The molecule has 0 radical (unpaired) electrons. The van der Waals surface area contributed by atoms with Gasteiger partial charge in [-0.25, -0.2) is 0 Å². The van der Waals surface area contributed by atoms with E-state index in [1.165, 1.54) is 0 Å². The summed E-state index contributed by atoms with van der Waals surface area (Å²) in [5.74, 6) is 1.48. The highest BCUT2D eigenvalue weighted by Crippen LogP contribution is 2.48. The van der Waals surface area contributed by atoms with E-state index in [9.17, 15) is 4.79 Å². The molecule has 2 unspecified atom stereocenters. The van der Waals surface area contributed by atoms with Gasteiger partial charge >= 0.3 is 0 Å². The average molecular weight is 316 g/mol. The maximum Gasteiger partial charge on any atom is 0.258 e. The minimum atomic E-state index is -0.393. The predicted molar refractivity (Wildman–Crippen MR) is 82.4 cm³/mol. The summed E-state index contributed by atoms with van der Waals surface area (Å²) in [6.07, 6.45) is -0.393. The third-order valence-electron chi connectivity index (χ3n) is 4.32. The van der Waals surface area contributed by atoms with Crippen molar-refractivity contribution in [2.24, 2.45) is 0 Å². The summed E-state index contributed by atoms with van der Waals surface area (Å²) < 4.78 is 11.3. The van der Waals surface area contributed by atoms with Crippen LogP contribution in [-0.4, -0.2) is 17.9 Å². The Balaban J connectivity index is 1.84. The first-order valence-electron chi connectivity index (χ1n) is 7.07. The van der Waals surface area contributed by atoms with E-state index in [-0.39, 0.29) is 11.9 Å². The second kappa shape index (κ2) is 4.65. The minimum absolute atomic E-state index is 0.0523. The second-order valence-corrected chi connectivity index (χ2v) is 5.93. The fourth-order valence-corrected chi connectivity index (χ4v) is 3.35. The summed E-state index contributed by atoms with van der Waals surface area (Å²) in [5, 5.41) is 0.554. The largest absolute Gasteiger partial charge is 0.497 e. The minimum Gasteiger partial charge on any atom is -0.497 e.